The molecule has 0 spiro atoms. The number of hydrogen-bond donors (Lipinski definition) is 5. The second-order valence-corrected chi connectivity index (χ2v) is 3.39. The fraction of sp³-hybridized carbons (Fsp3) is 0.875. The zero-order chi connectivity index (χ0) is 12.3. The van der Waals surface area contributed by atoms with Crippen molar-refractivity contribution in [1.82, 2.24) is 0 Å². The van der Waals surface area contributed by atoms with E-state index in [4.69, 9.17) is 20.3 Å². The van der Waals surface area contributed by atoms with Gasteiger partial charge in [0.2, 0.25) is 0 Å². The Morgan fingerprint density at radius 3 is 2.38 bits per heavy atom. The molecule has 0 aliphatic carbocycles. The van der Waals surface area contributed by atoms with Crippen LogP contribution in [0.25, 0.3) is 0 Å². The van der Waals surface area contributed by atoms with Gasteiger partial charge in [0.25, 0.3) is 0 Å². The fourth-order valence-electron chi connectivity index (χ4n) is 1.37. The lowest BCUT2D eigenvalue weighted by molar-refractivity contribution is -0.293. The van der Waals surface area contributed by atoms with E-state index in [0.717, 1.165) is 0 Å². The van der Waals surface area contributed by atoms with Gasteiger partial charge in [-0.05, 0) is 0 Å². The minimum atomic E-state index is -1.70. The van der Waals surface area contributed by atoms with Gasteiger partial charge in [0.15, 0.2) is 12.4 Å². The summed E-state index contributed by atoms with van der Waals surface area (Å²) in [4.78, 5) is 10.7. The Morgan fingerprint density at radius 1 is 1.25 bits per heavy atom. The molecule has 1 aliphatic heterocycles. The number of aliphatic hydroxyl groups excluding tert-OH is 3. The number of aliphatic carboxylic acids is 1. The number of carbonyl (C=O) groups is 1. The molecular weight excluding hydrogens is 222 g/mol. The van der Waals surface area contributed by atoms with E-state index in [1.807, 2.05) is 0 Å². The third kappa shape index (κ3) is 2.67. The van der Waals surface area contributed by atoms with E-state index in [2.05, 4.69) is 0 Å². The molecule has 8 heteroatoms. The molecule has 0 aromatic carbocycles. The number of nitrogens with two attached hydrogens (primary N) is 1. The highest BCUT2D eigenvalue weighted by molar-refractivity contribution is 5.73. The molecule has 0 bridgehead atoms. The van der Waals surface area contributed by atoms with E-state index in [-0.39, 0.29) is 13.2 Å². The van der Waals surface area contributed by atoms with Crippen LogP contribution in [0, 0.1) is 0 Å². The summed E-state index contributed by atoms with van der Waals surface area (Å²) >= 11 is 0. The van der Waals surface area contributed by atoms with Gasteiger partial charge >= 0.3 is 5.97 Å². The molecule has 16 heavy (non-hydrogen) atoms. The molecule has 0 amide bonds. The van der Waals surface area contributed by atoms with Gasteiger partial charge in [-0.3, -0.25) is 0 Å². The summed E-state index contributed by atoms with van der Waals surface area (Å²) in [5.74, 6) is -1.44. The quantitative estimate of drug-likeness (QED) is 0.345. The molecule has 94 valence electrons. The van der Waals surface area contributed by atoms with Gasteiger partial charge in [-0.2, -0.15) is 0 Å². The molecule has 1 rings (SSSR count). The predicted molar refractivity (Wildman–Crippen MR) is 49.3 cm³/mol. The fourth-order valence-corrected chi connectivity index (χ4v) is 1.37. The van der Waals surface area contributed by atoms with Crippen LogP contribution >= 0.6 is 0 Å². The normalized spacial score (nSPS) is 39.6. The molecule has 1 heterocycles. The SMILES string of the molecule is NCCOC1OC(C(=O)O)C(O)C(O)C1O. The van der Waals surface area contributed by atoms with Crippen LogP contribution in [0.4, 0.5) is 0 Å². The maximum atomic E-state index is 10.7. The van der Waals surface area contributed by atoms with Crippen molar-refractivity contribution in [3.8, 4) is 0 Å². The average Bonchev–Trinajstić information content (AvgIpc) is 2.24. The largest absolute Gasteiger partial charge is 0.479 e. The lowest BCUT2D eigenvalue weighted by atomic mass is 9.99. The lowest BCUT2D eigenvalue weighted by Gasteiger charge is -2.38. The van der Waals surface area contributed by atoms with Gasteiger partial charge in [0, 0.05) is 6.54 Å². The number of aliphatic hydroxyl groups is 3. The Bertz CT molecular complexity index is 249. The molecule has 5 atom stereocenters. The van der Waals surface area contributed by atoms with Crippen LogP contribution in [0.15, 0.2) is 0 Å². The van der Waals surface area contributed by atoms with Crippen molar-refractivity contribution in [2.24, 2.45) is 5.73 Å². The summed E-state index contributed by atoms with van der Waals surface area (Å²) in [6.07, 6.45) is -7.82. The van der Waals surface area contributed by atoms with Crippen LogP contribution in [0.3, 0.4) is 0 Å². The minimum absolute atomic E-state index is 0.0386. The minimum Gasteiger partial charge on any atom is -0.479 e. The molecule has 0 aromatic heterocycles. The molecule has 1 aliphatic rings. The maximum Gasteiger partial charge on any atom is 0.335 e. The summed E-state index contributed by atoms with van der Waals surface area (Å²) in [5, 5.41) is 36.8. The number of ether oxygens (including phenoxy) is 2. The average molecular weight is 237 g/mol. The van der Waals surface area contributed by atoms with Crippen LogP contribution in [-0.4, -0.2) is 70.3 Å². The Labute approximate surface area is 91.2 Å². The van der Waals surface area contributed by atoms with Crippen molar-refractivity contribution in [1.29, 1.82) is 0 Å². The van der Waals surface area contributed by atoms with E-state index in [9.17, 15) is 20.1 Å². The van der Waals surface area contributed by atoms with Crippen molar-refractivity contribution in [3.05, 3.63) is 0 Å². The van der Waals surface area contributed by atoms with Gasteiger partial charge in [-0.15, -0.1) is 0 Å². The summed E-state index contributed by atoms with van der Waals surface area (Å²) in [5.41, 5.74) is 5.16. The monoisotopic (exact) mass is 237 g/mol. The first kappa shape index (κ1) is 13.3. The van der Waals surface area contributed by atoms with E-state index >= 15 is 0 Å². The summed E-state index contributed by atoms with van der Waals surface area (Å²) in [7, 11) is 0. The zero-order valence-electron chi connectivity index (χ0n) is 8.39. The first-order chi connectivity index (χ1) is 7.49. The van der Waals surface area contributed by atoms with Crippen LogP contribution in [0.5, 0.6) is 0 Å². The van der Waals surface area contributed by atoms with Crippen LogP contribution in [-0.2, 0) is 14.3 Å². The van der Waals surface area contributed by atoms with Gasteiger partial charge < -0.3 is 35.6 Å². The number of carboxylic acids is 1. The Hall–Kier alpha value is -0.770. The highest BCUT2D eigenvalue weighted by atomic mass is 16.7. The van der Waals surface area contributed by atoms with Gasteiger partial charge in [0.05, 0.1) is 6.61 Å². The van der Waals surface area contributed by atoms with Crippen molar-refractivity contribution < 1.29 is 34.7 Å². The Kier molecular flexibility index (Phi) is 4.59. The summed E-state index contributed by atoms with van der Waals surface area (Å²) < 4.78 is 9.72. The van der Waals surface area contributed by atoms with Crippen molar-refractivity contribution in [3.63, 3.8) is 0 Å². The number of rotatable bonds is 4. The molecule has 0 aromatic rings. The Balaban J connectivity index is 2.69. The third-order valence-corrected chi connectivity index (χ3v) is 2.21. The van der Waals surface area contributed by atoms with Crippen molar-refractivity contribution >= 4 is 5.97 Å². The van der Waals surface area contributed by atoms with E-state index in [1.54, 1.807) is 0 Å². The zero-order valence-corrected chi connectivity index (χ0v) is 8.39. The lowest BCUT2D eigenvalue weighted by Crippen LogP contribution is -2.60. The van der Waals surface area contributed by atoms with Crippen molar-refractivity contribution in [2.75, 3.05) is 13.2 Å². The Morgan fingerprint density at radius 2 is 1.88 bits per heavy atom. The van der Waals surface area contributed by atoms with Crippen LogP contribution in [0.2, 0.25) is 0 Å². The second kappa shape index (κ2) is 5.53. The van der Waals surface area contributed by atoms with Gasteiger partial charge in [-0.25, -0.2) is 4.79 Å². The number of hydrogen-bond acceptors (Lipinski definition) is 7. The molecular formula is C8H15NO7. The summed E-state index contributed by atoms with van der Waals surface area (Å²) in [6, 6.07) is 0. The molecule has 6 N–H and O–H groups in total. The molecule has 1 saturated heterocycles. The standard InChI is InChI=1S/C8H15NO7/c9-1-2-15-8-5(12)3(10)4(11)6(16-8)7(13)14/h3-6,8,10-12H,1-2,9H2,(H,13,14). The topological polar surface area (TPSA) is 142 Å². The first-order valence-corrected chi connectivity index (χ1v) is 4.73. The first-order valence-electron chi connectivity index (χ1n) is 4.73. The molecule has 0 radical (unpaired) electrons. The maximum absolute atomic E-state index is 10.7. The van der Waals surface area contributed by atoms with Crippen molar-refractivity contribution in [2.45, 2.75) is 30.7 Å². The second-order valence-electron chi connectivity index (χ2n) is 3.39. The highest BCUT2D eigenvalue weighted by Crippen LogP contribution is 2.22. The van der Waals surface area contributed by atoms with Crippen LogP contribution < -0.4 is 5.73 Å². The molecule has 0 saturated carbocycles. The van der Waals surface area contributed by atoms with E-state index in [0.29, 0.717) is 0 Å². The van der Waals surface area contributed by atoms with Crippen LogP contribution in [0.1, 0.15) is 0 Å². The molecule has 1 fully saturated rings. The highest BCUT2D eigenvalue weighted by Gasteiger charge is 2.47. The summed E-state index contributed by atoms with van der Waals surface area (Å²) in [6.45, 7) is 0.194. The van der Waals surface area contributed by atoms with E-state index in [1.165, 1.54) is 0 Å². The smallest absolute Gasteiger partial charge is 0.335 e. The van der Waals surface area contributed by atoms with Gasteiger partial charge in [-0.1, -0.05) is 0 Å². The molecule has 5 unspecified atom stereocenters. The number of carboxylic acid groups (broad SMARTS) is 1. The molecule has 8 nitrogen and oxygen atoms in total. The predicted octanol–water partition coefficient (Wildman–Crippen LogP) is -3.15. The van der Waals surface area contributed by atoms with E-state index < -0.39 is 36.7 Å². The van der Waals surface area contributed by atoms with Gasteiger partial charge in [0.1, 0.15) is 18.3 Å². The third-order valence-electron chi connectivity index (χ3n) is 2.21.